The normalized spacial score (nSPS) is 26.2. The third kappa shape index (κ3) is 5.07. The molecular formula is C14H28N2O. The van der Waals surface area contributed by atoms with Crippen molar-refractivity contribution >= 4 is 5.91 Å². The zero-order valence-corrected chi connectivity index (χ0v) is 12.0. The number of nitrogens with zero attached hydrogens (tertiary/aromatic N) is 1. The molecule has 17 heavy (non-hydrogen) atoms. The third-order valence-electron chi connectivity index (χ3n) is 3.35. The number of likely N-dealkylation sites (tertiary alicyclic amines) is 1. The lowest BCUT2D eigenvalue weighted by molar-refractivity contribution is -0.122. The zero-order valence-electron chi connectivity index (χ0n) is 12.0. The molecule has 2 unspecified atom stereocenters. The van der Waals surface area contributed by atoms with Gasteiger partial charge in [-0.05, 0) is 39.5 Å². The van der Waals surface area contributed by atoms with Gasteiger partial charge in [-0.15, -0.1) is 0 Å². The van der Waals surface area contributed by atoms with E-state index >= 15 is 0 Å². The first-order chi connectivity index (χ1) is 7.81. The van der Waals surface area contributed by atoms with Crippen LogP contribution in [0.25, 0.3) is 0 Å². The van der Waals surface area contributed by atoms with Crippen molar-refractivity contribution in [3.05, 3.63) is 0 Å². The Morgan fingerprint density at radius 1 is 1.41 bits per heavy atom. The Bertz CT molecular complexity index is 257. The van der Waals surface area contributed by atoms with Gasteiger partial charge >= 0.3 is 0 Å². The van der Waals surface area contributed by atoms with Crippen molar-refractivity contribution in [2.75, 3.05) is 13.1 Å². The average Bonchev–Trinajstić information content (AvgIpc) is 2.53. The van der Waals surface area contributed by atoms with E-state index in [2.05, 4.69) is 24.1 Å². The largest absolute Gasteiger partial charge is 0.351 e. The molecule has 1 heterocycles. The number of amides is 1. The Kier molecular flexibility index (Phi) is 4.99. The molecule has 1 saturated heterocycles. The number of rotatable bonds is 4. The van der Waals surface area contributed by atoms with Gasteiger partial charge in [-0.2, -0.15) is 0 Å². The number of carbonyl (C=O) groups excluding carboxylic acids is 1. The molecule has 0 aromatic carbocycles. The van der Waals surface area contributed by atoms with Gasteiger partial charge < -0.3 is 5.32 Å². The number of nitrogens with one attached hydrogen (secondary N) is 1. The van der Waals surface area contributed by atoms with Crippen molar-refractivity contribution in [3.63, 3.8) is 0 Å². The summed E-state index contributed by atoms with van der Waals surface area (Å²) < 4.78 is 0. The van der Waals surface area contributed by atoms with Crippen LogP contribution in [0, 0.1) is 5.92 Å². The number of hydrogen-bond acceptors (Lipinski definition) is 2. The first kappa shape index (κ1) is 14.5. The van der Waals surface area contributed by atoms with E-state index < -0.39 is 0 Å². The molecule has 0 aromatic rings. The highest BCUT2D eigenvalue weighted by atomic mass is 16.1. The summed E-state index contributed by atoms with van der Waals surface area (Å²) in [7, 11) is 0. The quantitative estimate of drug-likeness (QED) is 0.818. The summed E-state index contributed by atoms with van der Waals surface area (Å²) in [5.74, 6) is 0.956. The maximum atomic E-state index is 11.8. The van der Waals surface area contributed by atoms with E-state index in [-0.39, 0.29) is 11.4 Å². The molecule has 0 spiro atoms. The van der Waals surface area contributed by atoms with Crippen LogP contribution in [0.1, 0.15) is 53.9 Å². The molecule has 100 valence electrons. The lowest BCUT2D eigenvalue weighted by Crippen LogP contribution is -2.42. The van der Waals surface area contributed by atoms with E-state index in [1.165, 1.54) is 12.8 Å². The lowest BCUT2D eigenvalue weighted by atomic mass is 10.1. The molecule has 1 rings (SSSR count). The van der Waals surface area contributed by atoms with Crippen molar-refractivity contribution in [1.29, 1.82) is 0 Å². The molecule has 0 aliphatic carbocycles. The second-order valence-electron chi connectivity index (χ2n) is 6.45. The van der Waals surface area contributed by atoms with Gasteiger partial charge in [0.15, 0.2) is 0 Å². The van der Waals surface area contributed by atoms with Gasteiger partial charge in [0.1, 0.15) is 0 Å². The topological polar surface area (TPSA) is 32.3 Å². The van der Waals surface area contributed by atoms with Crippen LogP contribution < -0.4 is 5.32 Å². The Hall–Kier alpha value is -0.570. The molecule has 3 nitrogen and oxygen atoms in total. The molecule has 2 atom stereocenters. The molecule has 0 bridgehead atoms. The van der Waals surface area contributed by atoms with Crippen LogP contribution in [0.3, 0.4) is 0 Å². The van der Waals surface area contributed by atoms with Crippen LogP contribution >= 0.6 is 0 Å². The predicted molar refractivity (Wildman–Crippen MR) is 71.9 cm³/mol. The van der Waals surface area contributed by atoms with Crippen LogP contribution in [0.4, 0.5) is 0 Å². The molecule has 1 N–H and O–H groups in total. The van der Waals surface area contributed by atoms with Crippen LogP contribution in [-0.4, -0.2) is 35.5 Å². The maximum absolute atomic E-state index is 11.8. The van der Waals surface area contributed by atoms with E-state index in [4.69, 9.17) is 0 Å². The average molecular weight is 240 g/mol. The van der Waals surface area contributed by atoms with Crippen molar-refractivity contribution in [3.8, 4) is 0 Å². The summed E-state index contributed by atoms with van der Waals surface area (Å²) >= 11 is 0. The fourth-order valence-corrected chi connectivity index (χ4v) is 2.66. The summed E-state index contributed by atoms with van der Waals surface area (Å²) in [5, 5.41) is 3.02. The highest BCUT2D eigenvalue weighted by molar-refractivity contribution is 5.76. The molecule has 0 saturated carbocycles. The fourth-order valence-electron chi connectivity index (χ4n) is 2.66. The minimum atomic E-state index is -0.112. The standard InChI is InChI=1S/C14H28N2O/c1-6-12-9-11(2)10-16(12)8-7-13(17)15-14(3,4)5/h11-12H,6-10H2,1-5H3,(H,15,17). The van der Waals surface area contributed by atoms with Gasteiger partial charge in [0, 0.05) is 31.1 Å². The Balaban J connectivity index is 2.33. The fraction of sp³-hybridized carbons (Fsp3) is 0.929. The van der Waals surface area contributed by atoms with E-state index in [0.29, 0.717) is 12.5 Å². The smallest absolute Gasteiger partial charge is 0.221 e. The van der Waals surface area contributed by atoms with Gasteiger partial charge in [0.25, 0.3) is 0 Å². The Labute approximate surface area is 106 Å². The summed E-state index contributed by atoms with van der Waals surface area (Å²) in [5.41, 5.74) is -0.112. The molecule has 0 radical (unpaired) electrons. The highest BCUT2D eigenvalue weighted by Crippen LogP contribution is 2.24. The summed E-state index contributed by atoms with van der Waals surface area (Å²) in [4.78, 5) is 14.2. The van der Waals surface area contributed by atoms with Gasteiger partial charge in [-0.3, -0.25) is 9.69 Å². The van der Waals surface area contributed by atoms with Crippen molar-refractivity contribution in [2.45, 2.75) is 65.5 Å². The number of carbonyl (C=O) groups is 1. The van der Waals surface area contributed by atoms with Gasteiger partial charge in [-0.1, -0.05) is 13.8 Å². The molecule has 1 aliphatic rings. The monoisotopic (exact) mass is 240 g/mol. The molecule has 1 fully saturated rings. The Morgan fingerprint density at radius 2 is 2.06 bits per heavy atom. The van der Waals surface area contributed by atoms with Gasteiger partial charge in [0.05, 0.1) is 0 Å². The SMILES string of the molecule is CCC1CC(C)CN1CCC(=O)NC(C)(C)C. The lowest BCUT2D eigenvalue weighted by Gasteiger charge is -2.25. The van der Waals surface area contributed by atoms with Gasteiger partial charge in [-0.25, -0.2) is 0 Å². The Morgan fingerprint density at radius 3 is 2.59 bits per heavy atom. The number of hydrogen-bond donors (Lipinski definition) is 1. The van der Waals surface area contributed by atoms with Crippen molar-refractivity contribution in [1.82, 2.24) is 10.2 Å². The predicted octanol–water partition coefficient (Wildman–Crippen LogP) is 2.41. The zero-order chi connectivity index (χ0) is 13.1. The highest BCUT2D eigenvalue weighted by Gasteiger charge is 2.28. The van der Waals surface area contributed by atoms with Crippen molar-refractivity contribution in [2.24, 2.45) is 5.92 Å². The van der Waals surface area contributed by atoms with Crippen LogP contribution in [0.5, 0.6) is 0 Å². The van der Waals surface area contributed by atoms with E-state index in [9.17, 15) is 4.79 Å². The van der Waals surface area contributed by atoms with Crippen molar-refractivity contribution < 1.29 is 4.79 Å². The van der Waals surface area contributed by atoms with E-state index in [1.54, 1.807) is 0 Å². The van der Waals surface area contributed by atoms with Crippen LogP contribution in [0.15, 0.2) is 0 Å². The second-order valence-corrected chi connectivity index (χ2v) is 6.45. The minimum absolute atomic E-state index is 0.112. The molecule has 3 heteroatoms. The molecular weight excluding hydrogens is 212 g/mol. The summed E-state index contributed by atoms with van der Waals surface area (Å²) in [6.07, 6.45) is 3.11. The summed E-state index contributed by atoms with van der Waals surface area (Å²) in [6, 6.07) is 0.687. The van der Waals surface area contributed by atoms with E-state index in [1.807, 2.05) is 20.8 Å². The molecule has 1 aliphatic heterocycles. The molecule has 0 aromatic heterocycles. The minimum Gasteiger partial charge on any atom is -0.351 e. The first-order valence-electron chi connectivity index (χ1n) is 6.87. The van der Waals surface area contributed by atoms with E-state index in [0.717, 1.165) is 19.0 Å². The second kappa shape index (κ2) is 5.85. The van der Waals surface area contributed by atoms with Gasteiger partial charge in [0.2, 0.25) is 5.91 Å². The summed E-state index contributed by atoms with van der Waals surface area (Å²) in [6.45, 7) is 12.7. The molecule has 1 amide bonds. The third-order valence-corrected chi connectivity index (χ3v) is 3.35. The van der Waals surface area contributed by atoms with Crippen LogP contribution in [-0.2, 0) is 4.79 Å². The maximum Gasteiger partial charge on any atom is 0.221 e. The first-order valence-corrected chi connectivity index (χ1v) is 6.87. The van der Waals surface area contributed by atoms with Crippen LogP contribution in [0.2, 0.25) is 0 Å².